The van der Waals surface area contributed by atoms with E-state index in [1.807, 2.05) is 39.0 Å². The minimum absolute atomic E-state index is 0.0381. The summed E-state index contributed by atoms with van der Waals surface area (Å²) in [6.45, 7) is 5.82. The lowest BCUT2D eigenvalue weighted by Gasteiger charge is -2.15. The van der Waals surface area contributed by atoms with Crippen LogP contribution in [0.3, 0.4) is 0 Å². The Balaban J connectivity index is 2.62. The highest BCUT2D eigenvalue weighted by atomic mass is 16.5. The molecular formula is C17H19NO2. The monoisotopic (exact) mass is 269 g/mol. The van der Waals surface area contributed by atoms with Gasteiger partial charge in [-0.3, -0.25) is 4.79 Å². The van der Waals surface area contributed by atoms with Crippen molar-refractivity contribution in [1.82, 2.24) is 0 Å². The van der Waals surface area contributed by atoms with Gasteiger partial charge in [-0.05, 0) is 55.7 Å². The number of nitrogen functional groups attached to an aromatic ring is 1. The van der Waals surface area contributed by atoms with E-state index in [0.29, 0.717) is 16.8 Å². The quantitative estimate of drug-likeness (QED) is 0.686. The van der Waals surface area contributed by atoms with Crippen LogP contribution in [-0.2, 0) is 0 Å². The van der Waals surface area contributed by atoms with E-state index in [9.17, 15) is 4.79 Å². The molecule has 0 bridgehead atoms. The molecular weight excluding hydrogens is 250 g/mol. The van der Waals surface area contributed by atoms with Gasteiger partial charge in [-0.25, -0.2) is 0 Å². The van der Waals surface area contributed by atoms with E-state index < -0.39 is 0 Å². The molecule has 0 aliphatic carbocycles. The lowest BCUT2D eigenvalue weighted by molar-refractivity contribution is 0.103. The van der Waals surface area contributed by atoms with Crippen LogP contribution >= 0.6 is 0 Å². The first-order chi connectivity index (χ1) is 9.47. The van der Waals surface area contributed by atoms with E-state index in [1.54, 1.807) is 19.2 Å². The molecule has 20 heavy (non-hydrogen) atoms. The summed E-state index contributed by atoms with van der Waals surface area (Å²) < 4.78 is 5.33. The van der Waals surface area contributed by atoms with Crippen molar-refractivity contribution in [2.75, 3.05) is 12.8 Å². The number of ketones is 1. The molecule has 2 aromatic carbocycles. The smallest absolute Gasteiger partial charge is 0.195 e. The number of anilines is 1. The van der Waals surface area contributed by atoms with E-state index in [2.05, 4.69) is 0 Å². The van der Waals surface area contributed by atoms with Gasteiger partial charge in [0.25, 0.3) is 0 Å². The zero-order valence-electron chi connectivity index (χ0n) is 12.3. The standard InChI is InChI=1S/C17H19NO2/c1-10-9-15(20-4)11(2)12(3)16(10)17(19)13-7-5-6-8-14(13)18/h5-9H,18H2,1-4H3. The molecule has 0 fully saturated rings. The second-order valence-electron chi connectivity index (χ2n) is 4.94. The number of nitrogens with two attached hydrogens (primary N) is 1. The van der Waals surface area contributed by atoms with E-state index in [0.717, 1.165) is 22.4 Å². The zero-order chi connectivity index (χ0) is 14.9. The fourth-order valence-electron chi connectivity index (χ4n) is 2.44. The Morgan fingerprint density at radius 1 is 1.10 bits per heavy atom. The molecule has 0 aromatic heterocycles. The number of carbonyl (C=O) groups is 1. The highest BCUT2D eigenvalue weighted by Crippen LogP contribution is 2.30. The number of hydrogen-bond acceptors (Lipinski definition) is 3. The maximum Gasteiger partial charge on any atom is 0.195 e. The number of ether oxygens (including phenoxy) is 1. The summed E-state index contributed by atoms with van der Waals surface area (Å²) in [5.41, 5.74) is 10.5. The second-order valence-corrected chi connectivity index (χ2v) is 4.94. The number of methoxy groups -OCH3 is 1. The summed E-state index contributed by atoms with van der Waals surface area (Å²) in [5, 5.41) is 0. The van der Waals surface area contributed by atoms with Crippen molar-refractivity contribution in [3.05, 3.63) is 58.1 Å². The summed E-state index contributed by atoms with van der Waals surface area (Å²) in [4.78, 5) is 12.7. The molecule has 104 valence electrons. The highest BCUT2D eigenvalue weighted by molar-refractivity contribution is 6.13. The van der Waals surface area contributed by atoms with Gasteiger partial charge < -0.3 is 10.5 Å². The summed E-state index contributed by atoms with van der Waals surface area (Å²) >= 11 is 0. The third-order valence-corrected chi connectivity index (χ3v) is 3.70. The number of aryl methyl sites for hydroxylation is 1. The zero-order valence-corrected chi connectivity index (χ0v) is 12.3. The number of hydrogen-bond donors (Lipinski definition) is 1. The minimum atomic E-state index is -0.0381. The molecule has 0 aliphatic rings. The normalized spacial score (nSPS) is 10.4. The predicted molar refractivity (Wildman–Crippen MR) is 81.5 cm³/mol. The third-order valence-electron chi connectivity index (χ3n) is 3.70. The molecule has 2 rings (SSSR count). The topological polar surface area (TPSA) is 52.3 Å². The van der Waals surface area contributed by atoms with Gasteiger partial charge in [-0.2, -0.15) is 0 Å². The second kappa shape index (κ2) is 5.37. The third kappa shape index (κ3) is 2.27. The summed E-state index contributed by atoms with van der Waals surface area (Å²) in [6.07, 6.45) is 0. The van der Waals surface area contributed by atoms with Crippen molar-refractivity contribution < 1.29 is 9.53 Å². The molecule has 3 heteroatoms. The van der Waals surface area contributed by atoms with Crippen LogP contribution in [0.2, 0.25) is 0 Å². The van der Waals surface area contributed by atoms with Crippen molar-refractivity contribution in [2.45, 2.75) is 20.8 Å². The van der Waals surface area contributed by atoms with Crippen LogP contribution < -0.4 is 10.5 Å². The fourth-order valence-corrected chi connectivity index (χ4v) is 2.44. The molecule has 0 saturated heterocycles. The van der Waals surface area contributed by atoms with Gasteiger partial charge >= 0.3 is 0 Å². The lowest BCUT2D eigenvalue weighted by Crippen LogP contribution is -2.10. The number of rotatable bonds is 3. The van der Waals surface area contributed by atoms with Crippen LogP contribution in [0.4, 0.5) is 5.69 Å². The van der Waals surface area contributed by atoms with Crippen LogP contribution in [0.15, 0.2) is 30.3 Å². The first-order valence-electron chi connectivity index (χ1n) is 6.51. The summed E-state index contributed by atoms with van der Waals surface area (Å²) in [5.74, 6) is 0.765. The molecule has 0 unspecified atom stereocenters. The van der Waals surface area contributed by atoms with Crippen molar-refractivity contribution in [3.63, 3.8) is 0 Å². The Bertz CT molecular complexity index is 675. The van der Waals surface area contributed by atoms with Gasteiger partial charge in [0, 0.05) is 16.8 Å². The highest BCUT2D eigenvalue weighted by Gasteiger charge is 2.19. The Labute approximate surface area is 119 Å². The average Bonchev–Trinajstić information content (AvgIpc) is 2.43. The van der Waals surface area contributed by atoms with Crippen molar-refractivity contribution >= 4 is 11.5 Å². The SMILES string of the molecule is COc1cc(C)c(C(=O)c2ccccc2N)c(C)c1C. The summed E-state index contributed by atoms with van der Waals surface area (Å²) in [6, 6.07) is 9.05. The molecule has 2 aromatic rings. The number of benzene rings is 2. The van der Waals surface area contributed by atoms with Crippen molar-refractivity contribution in [2.24, 2.45) is 0 Å². The number of para-hydroxylation sites is 1. The van der Waals surface area contributed by atoms with Gasteiger partial charge in [0.05, 0.1) is 7.11 Å². The molecule has 0 spiro atoms. The Morgan fingerprint density at radius 3 is 2.35 bits per heavy atom. The van der Waals surface area contributed by atoms with E-state index >= 15 is 0 Å². The molecule has 3 nitrogen and oxygen atoms in total. The van der Waals surface area contributed by atoms with Crippen molar-refractivity contribution in [1.29, 1.82) is 0 Å². The Hall–Kier alpha value is -2.29. The van der Waals surface area contributed by atoms with E-state index in [1.165, 1.54) is 0 Å². The number of carbonyl (C=O) groups excluding carboxylic acids is 1. The molecule has 0 amide bonds. The maximum absolute atomic E-state index is 12.7. The van der Waals surface area contributed by atoms with Crippen LogP contribution in [0, 0.1) is 20.8 Å². The Kier molecular flexibility index (Phi) is 3.79. The summed E-state index contributed by atoms with van der Waals surface area (Å²) in [7, 11) is 1.64. The van der Waals surface area contributed by atoms with Crippen LogP contribution in [0.25, 0.3) is 0 Å². The average molecular weight is 269 g/mol. The molecule has 0 heterocycles. The molecule has 0 atom stereocenters. The van der Waals surface area contributed by atoms with Gasteiger partial charge in [0.2, 0.25) is 0 Å². The lowest BCUT2D eigenvalue weighted by atomic mass is 9.91. The van der Waals surface area contributed by atoms with E-state index in [4.69, 9.17) is 10.5 Å². The molecule has 0 aliphatic heterocycles. The minimum Gasteiger partial charge on any atom is -0.496 e. The van der Waals surface area contributed by atoms with Gasteiger partial charge in [-0.1, -0.05) is 12.1 Å². The fraction of sp³-hybridized carbons (Fsp3) is 0.235. The van der Waals surface area contributed by atoms with Gasteiger partial charge in [-0.15, -0.1) is 0 Å². The molecule has 0 radical (unpaired) electrons. The molecule has 0 saturated carbocycles. The van der Waals surface area contributed by atoms with Crippen LogP contribution in [0.1, 0.15) is 32.6 Å². The predicted octanol–water partition coefficient (Wildman–Crippen LogP) is 3.43. The van der Waals surface area contributed by atoms with Gasteiger partial charge in [0.1, 0.15) is 5.75 Å². The maximum atomic E-state index is 12.7. The van der Waals surface area contributed by atoms with Crippen LogP contribution in [-0.4, -0.2) is 12.9 Å². The van der Waals surface area contributed by atoms with Crippen molar-refractivity contribution in [3.8, 4) is 5.75 Å². The first-order valence-corrected chi connectivity index (χ1v) is 6.51. The largest absolute Gasteiger partial charge is 0.496 e. The first kappa shape index (κ1) is 14.1. The molecule has 2 N–H and O–H groups in total. The Morgan fingerprint density at radius 2 is 1.75 bits per heavy atom. The van der Waals surface area contributed by atoms with Gasteiger partial charge in [0.15, 0.2) is 5.78 Å². The van der Waals surface area contributed by atoms with E-state index in [-0.39, 0.29) is 5.78 Å². The van der Waals surface area contributed by atoms with Crippen LogP contribution in [0.5, 0.6) is 5.75 Å².